The van der Waals surface area contributed by atoms with Gasteiger partial charge in [0.2, 0.25) is 0 Å². The highest BCUT2D eigenvalue weighted by Gasteiger charge is 2.20. The van der Waals surface area contributed by atoms with Crippen LogP contribution in [-0.2, 0) is 9.53 Å². The van der Waals surface area contributed by atoms with E-state index in [4.69, 9.17) is 0 Å². The van der Waals surface area contributed by atoms with Gasteiger partial charge in [-0.05, 0) is 6.92 Å². The molecule has 0 bridgehead atoms. The number of hydrogen-bond acceptors (Lipinski definition) is 4. The van der Waals surface area contributed by atoms with E-state index in [1.54, 1.807) is 37.3 Å². The Hall–Kier alpha value is -1.68. The summed E-state index contributed by atoms with van der Waals surface area (Å²) in [5, 5.41) is 9.39. The van der Waals surface area contributed by atoms with Gasteiger partial charge in [-0.15, -0.1) is 0 Å². The van der Waals surface area contributed by atoms with Gasteiger partial charge in [0, 0.05) is 12.0 Å². The molecule has 0 aliphatic carbocycles. The van der Waals surface area contributed by atoms with Crippen molar-refractivity contribution < 1.29 is 19.4 Å². The lowest BCUT2D eigenvalue weighted by Gasteiger charge is -2.08. The average Bonchev–Trinajstić information content (AvgIpc) is 2.30. The van der Waals surface area contributed by atoms with Crippen LogP contribution in [0.1, 0.15) is 23.7 Å². The summed E-state index contributed by atoms with van der Waals surface area (Å²) in [5.74, 6) is -1.03. The highest BCUT2D eigenvalue weighted by atomic mass is 16.5. The van der Waals surface area contributed by atoms with Crippen LogP contribution in [0, 0.1) is 0 Å². The van der Waals surface area contributed by atoms with Crippen LogP contribution < -0.4 is 0 Å². The Kier molecular flexibility index (Phi) is 4.66. The summed E-state index contributed by atoms with van der Waals surface area (Å²) in [7, 11) is 0. The molecule has 86 valence electrons. The first-order chi connectivity index (χ1) is 7.65. The SMILES string of the molecule is CCOC(=O)[C@H](O)CC(=O)c1ccccc1. The van der Waals surface area contributed by atoms with Gasteiger partial charge in [-0.1, -0.05) is 30.3 Å². The quantitative estimate of drug-likeness (QED) is 0.600. The third kappa shape index (κ3) is 3.47. The normalized spacial score (nSPS) is 11.9. The topological polar surface area (TPSA) is 63.6 Å². The zero-order valence-electron chi connectivity index (χ0n) is 9.05. The molecule has 4 nitrogen and oxygen atoms in total. The summed E-state index contributed by atoms with van der Waals surface area (Å²) in [6.07, 6.45) is -1.63. The second-order valence-electron chi connectivity index (χ2n) is 3.26. The predicted molar refractivity (Wildman–Crippen MR) is 58.0 cm³/mol. The minimum Gasteiger partial charge on any atom is -0.464 e. The molecule has 1 aromatic rings. The van der Waals surface area contributed by atoms with E-state index >= 15 is 0 Å². The summed E-state index contributed by atoms with van der Waals surface area (Å²) in [6.45, 7) is 1.83. The molecule has 0 aromatic heterocycles. The molecular weight excluding hydrogens is 208 g/mol. The Morgan fingerprint density at radius 1 is 1.31 bits per heavy atom. The van der Waals surface area contributed by atoms with Crippen molar-refractivity contribution in [3.05, 3.63) is 35.9 Å². The largest absolute Gasteiger partial charge is 0.464 e. The fourth-order valence-corrected chi connectivity index (χ4v) is 1.24. The molecule has 1 N–H and O–H groups in total. The maximum Gasteiger partial charge on any atom is 0.335 e. The number of hydrogen-bond donors (Lipinski definition) is 1. The number of Topliss-reactive ketones (excluding diaryl/α,β-unsaturated/α-hetero) is 1. The summed E-state index contributed by atoms with van der Waals surface area (Å²) in [6, 6.07) is 8.52. The first kappa shape index (κ1) is 12.4. The van der Waals surface area contributed by atoms with Gasteiger partial charge < -0.3 is 9.84 Å². The van der Waals surface area contributed by atoms with Crippen molar-refractivity contribution in [2.75, 3.05) is 6.61 Å². The minimum atomic E-state index is -1.38. The summed E-state index contributed by atoms with van der Waals surface area (Å²) in [5.41, 5.74) is 0.478. The van der Waals surface area contributed by atoms with Crippen molar-refractivity contribution in [3.8, 4) is 0 Å². The second kappa shape index (κ2) is 6.02. The van der Waals surface area contributed by atoms with Crippen molar-refractivity contribution in [1.29, 1.82) is 0 Å². The van der Waals surface area contributed by atoms with Crippen LogP contribution in [0.15, 0.2) is 30.3 Å². The van der Waals surface area contributed by atoms with Crippen molar-refractivity contribution in [1.82, 2.24) is 0 Å². The summed E-state index contributed by atoms with van der Waals surface area (Å²) in [4.78, 5) is 22.7. The lowest BCUT2D eigenvalue weighted by atomic mass is 10.1. The lowest BCUT2D eigenvalue weighted by molar-refractivity contribution is -0.152. The number of ketones is 1. The molecule has 0 radical (unpaired) electrons. The third-order valence-electron chi connectivity index (χ3n) is 2.03. The maximum atomic E-state index is 11.6. The fourth-order valence-electron chi connectivity index (χ4n) is 1.24. The molecule has 1 aromatic carbocycles. The van der Waals surface area contributed by atoms with E-state index in [0.717, 1.165) is 0 Å². The summed E-state index contributed by atoms with van der Waals surface area (Å²) < 4.78 is 4.60. The van der Waals surface area contributed by atoms with Crippen LogP contribution in [0.4, 0.5) is 0 Å². The lowest BCUT2D eigenvalue weighted by Crippen LogP contribution is -2.26. The van der Waals surface area contributed by atoms with E-state index in [-0.39, 0.29) is 18.8 Å². The zero-order chi connectivity index (χ0) is 12.0. The van der Waals surface area contributed by atoms with E-state index in [0.29, 0.717) is 5.56 Å². The standard InChI is InChI=1S/C12H14O4/c1-2-16-12(15)11(14)8-10(13)9-6-4-3-5-7-9/h3-7,11,14H,2,8H2,1H3/t11-/m1/s1. The number of aliphatic hydroxyl groups excluding tert-OH is 1. The van der Waals surface area contributed by atoms with Crippen LogP contribution in [0.3, 0.4) is 0 Å². The molecule has 0 heterocycles. The molecule has 0 saturated carbocycles. The van der Waals surface area contributed by atoms with Gasteiger partial charge in [0.15, 0.2) is 11.9 Å². The average molecular weight is 222 g/mol. The Balaban J connectivity index is 2.55. The zero-order valence-corrected chi connectivity index (χ0v) is 9.05. The molecular formula is C12H14O4. The highest BCUT2D eigenvalue weighted by Crippen LogP contribution is 2.06. The smallest absolute Gasteiger partial charge is 0.335 e. The first-order valence-corrected chi connectivity index (χ1v) is 5.08. The Labute approximate surface area is 93.9 Å². The Bertz CT molecular complexity index is 359. The molecule has 1 rings (SSSR count). The van der Waals surface area contributed by atoms with E-state index in [1.165, 1.54) is 0 Å². The molecule has 4 heteroatoms. The molecule has 0 spiro atoms. The second-order valence-corrected chi connectivity index (χ2v) is 3.26. The van der Waals surface area contributed by atoms with E-state index < -0.39 is 12.1 Å². The van der Waals surface area contributed by atoms with Gasteiger partial charge in [0.25, 0.3) is 0 Å². The molecule has 0 saturated heterocycles. The van der Waals surface area contributed by atoms with Gasteiger partial charge in [0.05, 0.1) is 6.61 Å². The molecule has 1 atom stereocenters. The maximum absolute atomic E-state index is 11.6. The number of esters is 1. The number of aliphatic hydroxyl groups is 1. The molecule has 0 aliphatic heterocycles. The van der Waals surface area contributed by atoms with Crippen molar-refractivity contribution in [3.63, 3.8) is 0 Å². The Morgan fingerprint density at radius 2 is 1.94 bits per heavy atom. The number of benzene rings is 1. The van der Waals surface area contributed by atoms with Crippen LogP contribution in [-0.4, -0.2) is 29.6 Å². The molecule has 16 heavy (non-hydrogen) atoms. The van der Waals surface area contributed by atoms with E-state index in [1.807, 2.05) is 0 Å². The molecule has 0 fully saturated rings. The Morgan fingerprint density at radius 3 is 2.50 bits per heavy atom. The number of carbonyl (C=O) groups excluding carboxylic acids is 2. The van der Waals surface area contributed by atoms with Crippen LogP contribution in [0.25, 0.3) is 0 Å². The number of ether oxygens (including phenoxy) is 1. The van der Waals surface area contributed by atoms with Gasteiger partial charge >= 0.3 is 5.97 Å². The molecule has 0 aliphatic rings. The van der Waals surface area contributed by atoms with Gasteiger partial charge in [0.1, 0.15) is 0 Å². The van der Waals surface area contributed by atoms with Crippen LogP contribution >= 0.6 is 0 Å². The number of rotatable bonds is 5. The van der Waals surface area contributed by atoms with Gasteiger partial charge in [-0.3, -0.25) is 4.79 Å². The van der Waals surface area contributed by atoms with E-state index in [9.17, 15) is 14.7 Å². The molecule has 0 unspecified atom stereocenters. The van der Waals surface area contributed by atoms with Crippen LogP contribution in [0.2, 0.25) is 0 Å². The third-order valence-corrected chi connectivity index (χ3v) is 2.03. The van der Waals surface area contributed by atoms with Gasteiger partial charge in [-0.25, -0.2) is 4.79 Å². The fraction of sp³-hybridized carbons (Fsp3) is 0.333. The van der Waals surface area contributed by atoms with Crippen molar-refractivity contribution in [2.45, 2.75) is 19.4 Å². The van der Waals surface area contributed by atoms with Crippen LogP contribution in [0.5, 0.6) is 0 Å². The molecule has 0 amide bonds. The first-order valence-electron chi connectivity index (χ1n) is 5.08. The van der Waals surface area contributed by atoms with Gasteiger partial charge in [-0.2, -0.15) is 0 Å². The number of carbonyl (C=O) groups is 2. The van der Waals surface area contributed by atoms with Crippen molar-refractivity contribution >= 4 is 11.8 Å². The van der Waals surface area contributed by atoms with E-state index in [2.05, 4.69) is 4.74 Å². The summed E-state index contributed by atoms with van der Waals surface area (Å²) >= 11 is 0. The van der Waals surface area contributed by atoms with Crippen molar-refractivity contribution in [2.24, 2.45) is 0 Å². The predicted octanol–water partition coefficient (Wildman–Crippen LogP) is 1.18. The highest BCUT2D eigenvalue weighted by molar-refractivity contribution is 5.98. The monoisotopic (exact) mass is 222 g/mol. The minimum absolute atomic E-state index is 0.190.